The number of nitriles is 1. The zero-order chi connectivity index (χ0) is 17.0. The summed E-state index contributed by atoms with van der Waals surface area (Å²) in [7, 11) is 0. The molecular formula is C19H23NO4. The van der Waals surface area contributed by atoms with E-state index in [0.29, 0.717) is 19.6 Å². The van der Waals surface area contributed by atoms with Gasteiger partial charge in [-0.05, 0) is 36.8 Å². The van der Waals surface area contributed by atoms with Crippen molar-refractivity contribution in [2.75, 3.05) is 6.61 Å². The number of rotatable bonds is 3. The molecule has 0 saturated heterocycles. The van der Waals surface area contributed by atoms with Gasteiger partial charge in [0.05, 0.1) is 25.9 Å². The zero-order valence-corrected chi connectivity index (χ0v) is 14.0. The van der Waals surface area contributed by atoms with Gasteiger partial charge in [0, 0.05) is 12.8 Å². The van der Waals surface area contributed by atoms with Crippen LogP contribution in [0.2, 0.25) is 0 Å². The average Bonchev–Trinajstić information content (AvgIpc) is 2.77. The van der Waals surface area contributed by atoms with E-state index in [1.165, 1.54) is 0 Å². The quantitative estimate of drug-likeness (QED) is 0.796. The summed E-state index contributed by atoms with van der Waals surface area (Å²) >= 11 is 0. The minimum Gasteiger partial charge on any atom is -0.465 e. The molecule has 3 rings (SSSR count). The fourth-order valence-corrected chi connectivity index (χ4v) is 3.67. The number of ether oxygens (including phenoxy) is 3. The van der Waals surface area contributed by atoms with Crippen LogP contribution < -0.4 is 0 Å². The summed E-state index contributed by atoms with van der Waals surface area (Å²) in [5.74, 6) is -1.98. The molecule has 0 amide bonds. The van der Waals surface area contributed by atoms with Crippen LogP contribution in [0.1, 0.15) is 43.7 Å². The first-order valence-electron chi connectivity index (χ1n) is 8.58. The van der Waals surface area contributed by atoms with E-state index >= 15 is 0 Å². The summed E-state index contributed by atoms with van der Waals surface area (Å²) in [5.41, 5.74) is 2.28. The maximum absolute atomic E-state index is 12.1. The molecule has 128 valence electrons. The van der Waals surface area contributed by atoms with Gasteiger partial charge >= 0.3 is 5.97 Å². The smallest absolute Gasteiger partial charge is 0.323 e. The van der Waals surface area contributed by atoms with Crippen molar-refractivity contribution >= 4 is 5.97 Å². The number of hydrogen-bond donors (Lipinski definition) is 0. The lowest BCUT2D eigenvalue weighted by Crippen LogP contribution is -2.43. The normalized spacial score (nSPS) is 23.6. The largest absolute Gasteiger partial charge is 0.465 e. The number of carbonyl (C=O) groups excluding carboxylic acids is 1. The van der Waals surface area contributed by atoms with E-state index in [0.717, 1.165) is 30.4 Å². The lowest BCUT2D eigenvalue weighted by atomic mass is 9.77. The van der Waals surface area contributed by atoms with Crippen LogP contribution in [0.4, 0.5) is 0 Å². The maximum Gasteiger partial charge on any atom is 0.323 e. The fourth-order valence-electron chi connectivity index (χ4n) is 3.67. The molecule has 2 atom stereocenters. The molecule has 1 heterocycles. The van der Waals surface area contributed by atoms with E-state index in [1.807, 2.05) is 12.1 Å². The first-order chi connectivity index (χ1) is 11.7. The van der Waals surface area contributed by atoms with Crippen LogP contribution in [-0.4, -0.2) is 18.4 Å². The van der Waals surface area contributed by atoms with Gasteiger partial charge in [-0.2, -0.15) is 5.26 Å². The van der Waals surface area contributed by atoms with E-state index in [1.54, 1.807) is 6.92 Å². The van der Waals surface area contributed by atoms with Gasteiger partial charge in [-0.1, -0.05) is 24.3 Å². The van der Waals surface area contributed by atoms with Crippen LogP contribution in [0, 0.1) is 23.2 Å². The summed E-state index contributed by atoms with van der Waals surface area (Å²) in [6, 6.07) is 10.2. The van der Waals surface area contributed by atoms with E-state index in [9.17, 15) is 10.1 Å². The van der Waals surface area contributed by atoms with Crippen molar-refractivity contribution in [1.82, 2.24) is 0 Å². The fraction of sp³-hybridized carbons (Fsp3) is 0.579. The van der Waals surface area contributed by atoms with Crippen LogP contribution in [0.5, 0.6) is 0 Å². The van der Waals surface area contributed by atoms with Crippen LogP contribution in [0.3, 0.4) is 0 Å². The predicted octanol–water partition coefficient (Wildman–Crippen LogP) is 3.32. The lowest BCUT2D eigenvalue weighted by Gasteiger charge is -2.40. The molecule has 0 N–H and O–H groups in total. The Kier molecular flexibility index (Phi) is 5.17. The molecule has 1 spiro atoms. The third kappa shape index (κ3) is 3.45. The molecule has 5 nitrogen and oxygen atoms in total. The second-order valence-corrected chi connectivity index (χ2v) is 6.47. The summed E-state index contributed by atoms with van der Waals surface area (Å²) in [5, 5.41) is 9.43. The Balaban J connectivity index is 1.73. The Morgan fingerprint density at radius 3 is 2.62 bits per heavy atom. The highest BCUT2D eigenvalue weighted by Crippen LogP contribution is 2.42. The summed E-state index contributed by atoms with van der Waals surface area (Å²) in [6.45, 7) is 3.04. The van der Waals surface area contributed by atoms with Crippen LogP contribution >= 0.6 is 0 Å². The second kappa shape index (κ2) is 7.33. The molecule has 1 saturated carbocycles. The Hall–Kier alpha value is -1.90. The van der Waals surface area contributed by atoms with Crippen LogP contribution in [-0.2, 0) is 32.2 Å². The number of benzene rings is 1. The van der Waals surface area contributed by atoms with Gasteiger partial charge in [0.15, 0.2) is 5.79 Å². The van der Waals surface area contributed by atoms with Crippen LogP contribution in [0.15, 0.2) is 24.3 Å². The molecule has 0 aromatic heterocycles. The molecular weight excluding hydrogens is 306 g/mol. The highest BCUT2D eigenvalue weighted by Gasteiger charge is 2.44. The van der Waals surface area contributed by atoms with Gasteiger partial charge in [0.2, 0.25) is 0 Å². The molecule has 0 radical (unpaired) electrons. The van der Waals surface area contributed by atoms with E-state index in [-0.39, 0.29) is 12.5 Å². The van der Waals surface area contributed by atoms with Gasteiger partial charge in [-0.25, -0.2) is 0 Å². The number of fused-ring (bicyclic) bond motifs is 1. The Bertz CT molecular complexity index is 609. The molecule has 1 fully saturated rings. The molecule has 5 heteroatoms. The molecule has 0 bridgehead atoms. The van der Waals surface area contributed by atoms with Gasteiger partial charge in [-0.15, -0.1) is 0 Å². The van der Waals surface area contributed by atoms with Gasteiger partial charge in [0.1, 0.15) is 5.92 Å². The number of nitrogens with zero attached hydrogens (tertiary/aromatic N) is 1. The third-order valence-electron chi connectivity index (χ3n) is 4.96. The predicted molar refractivity (Wildman–Crippen MR) is 86.4 cm³/mol. The molecule has 1 aliphatic heterocycles. The van der Waals surface area contributed by atoms with Crippen molar-refractivity contribution in [1.29, 1.82) is 5.26 Å². The Labute approximate surface area is 142 Å². The van der Waals surface area contributed by atoms with Crippen LogP contribution in [0.25, 0.3) is 0 Å². The standard InChI is InChI=1S/C19H23NO4/c1-2-22-18(21)17(11-20)14-8-5-9-19(10-14)23-12-15-6-3-4-7-16(15)13-24-19/h3-4,6-7,14,17H,2,5,8-10,12-13H2,1H3. The first kappa shape index (κ1) is 16.9. The maximum atomic E-state index is 12.1. The van der Waals surface area contributed by atoms with E-state index in [4.69, 9.17) is 14.2 Å². The van der Waals surface area contributed by atoms with Crippen molar-refractivity contribution in [3.63, 3.8) is 0 Å². The average molecular weight is 329 g/mol. The van der Waals surface area contributed by atoms with Gasteiger partial charge in [0.25, 0.3) is 0 Å². The second-order valence-electron chi connectivity index (χ2n) is 6.47. The molecule has 2 unspecified atom stereocenters. The van der Waals surface area contributed by atoms with Gasteiger partial charge < -0.3 is 14.2 Å². The minimum absolute atomic E-state index is 0.0935. The highest BCUT2D eigenvalue weighted by molar-refractivity contribution is 5.75. The molecule has 2 aliphatic rings. The summed E-state index contributed by atoms with van der Waals surface area (Å²) < 4.78 is 17.3. The molecule has 1 aliphatic carbocycles. The topological polar surface area (TPSA) is 68.6 Å². The van der Waals surface area contributed by atoms with E-state index in [2.05, 4.69) is 18.2 Å². The van der Waals surface area contributed by atoms with Crippen molar-refractivity contribution < 1.29 is 19.0 Å². The summed E-state index contributed by atoms with van der Waals surface area (Å²) in [6.07, 6.45) is 3.04. The summed E-state index contributed by atoms with van der Waals surface area (Å²) in [4.78, 5) is 12.1. The molecule has 1 aromatic carbocycles. The number of carbonyl (C=O) groups is 1. The highest BCUT2D eigenvalue weighted by atomic mass is 16.7. The third-order valence-corrected chi connectivity index (χ3v) is 4.96. The van der Waals surface area contributed by atoms with Crippen molar-refractivity contribution in [3.8, 4) is 6.07 Å². The monoisotopic (exact) mass is 329 g/mol. The Morgan fingerprint density at radius 1 is 1.38 bits per heavy atom. The van der Waals surface area contributed by atoms with Crippen molar-refractivity contribution in [2.45, 2.75) is 51.6 Å². The number of hydrogen-bond acceptors (Lipinski definition) is 5. The van der Waals surface area contributed by atoms with Gasteiger partial charge in [-0.3, -0.25) is 4.79 Å². The number of esters is 1. The SMILES string of the molecule is CCOC(=O)C(C#N)C1CCCC2(C1)OCc1ccccc1CO2. The minimum atomic E-state index is -0.750. The van der Waals surface area contributed by atoms with Crippen molar-refractivity contribution in [2.24, 2.45) is 11.8 Å². The lowest BCUT2D eigenvalue weighted by molar-refractivity contribution is -0.267. The van der Waals surface area contributed by atoms with E-state index < -0.39 is 17.7 Å². The van der Waals surface area contributed by atoms with Crippen molar-refractivity contribution in [3.05, 3.63) is 35.4 Å². The zero-order valence-electron chi connectivity index (χ0n) is 14.0. The first-order valence-corrected chi connectivity index (χ1v) is 8.58. The molecule has 24 heavy (non-hydrogen) atoms. The Morgan fingerprint density at radius 2 is 2.04 bits per heavy atom. The molecule has 1 aromatic rings.